The van der Waals surface area contributed by atoms with E-state index < -0.39 is 0 Å². The predicted molar refractivity (Wildman–Crippen MR) is 60.7 cm³/mol. The molecule has 0 aromatic carbocycles. The van der Waals surface area contributed by atoms with Gasteiger partial charge in [-0.15, -0.1) is 0 Å². The number of hydrogen-bond donors (Lipinski definition) is 0. The Morgan fingerprint density at radius 2 is 1.79 bits per heavy atom. The van der Waals surface area contributed by atoms with E-state index in [4.69, 9.17) is 0 Å². The summed E-state index contributed by atoms with van der Waals surface area (Å²) in [7, 11) is 0. The van der Waals surface area contributed by atoms with E-state index in [1.165, 1.54) is 17.0 Å². The average Bonchev–Trinajstić information content (AvgIpc) is 2.40. The van der Waals surface area contributed by atoms with Crippen LogP contribution in [-0.4, -0.2) is 9.78 Å². The van der Waals surface area contributed by atoms with E-state index in [9.17, 15) is 0 Å². The minimum Gasteiger partial charge on any atom is -0.270 e. The van der Waals surface area contributed by atoms with Gasteiger partial charge >= 0.3 is 0 Å². The minimum atomic E-state index is 0.211. The molecule has 0 aliphatic heterocycles. The van der Waals surface area contributed by atoms with Crippen molar-refractivity contribution in [1.29, 1.82) is 0 Å². The first kappa shape index (κ1) is 11.3. The quantitative estimate of drug-likeness (QED) is 0.707. The lowest BCUT2D eigenvalue weighted by atomic mass is 9.85. The topological polar surface area (TPSA) is 17.8 Å². The molecule has 2 nitrogen and oxygen atoms in total. The van der Waals surface area contributed by atoms with Crippen molar-refractivity contribution in [2.45, 2.75) is 59.9 Å². The predicted octanol–water partition coefficient (Wildman–Crippen LogP) is 3.07. The maximum absolute atomic E-state index is 4.63. The molecule has 2 heteroatoms. The van der Waals surface area contributed by atoms with E-state index in [0.29, 0.717) is 0 Å². The molecule has 80 valence electrons. The fraction of sp³-hybridized carbons (Fsp3) is 0.750. The van der Waals surface area contributed by atoms with Gasteiger partial charge < -0.3 is 0 Å². The SMILES string of the molecule is CCc1nn(CC)c(C)c1C(C)(C)C. The van der Waals surface area contributed by atoms with Crippen LogP contribution < -0.4 is 0 Å². The van der Waals surface area contributed by atoms with Crippen molar-refractivity contribution >= 4 is 0 Å². The van der Waals surface area contributed by atoms with Crippen LogP contribution in [0, 0.1) is 6.92 Å². The summed E-state index contributed by atoms with van der Waals surface area (Å²) in [6.45, 7) is 14.2. The molecule has 0 aliphatic rings. The molecule has 1 rings (SSSR count). The molecule has 0 aliphatic carbocycles. The second-order valence-electron chi connectivity index (χ2n) is 4.83. The smallest absolute Gasteiger partial charge is 0.0661 e. The van der Waals surface area contributed by atoms with Gasteiger partial charge in [0.05, 0.1) is 5.69 Å². The Morgan fingerprint density at radius 1 is 1.21 bits per heavy atom. The number of aryl methyl sites for hydroxylation is 2. The van der Waals surface area contributed by atoms with Crippen LogP contribution >= 0.6 is 0 Å². The van der Waals surface area contributed by atoms with Gasteiger partial charge in [-0.2, -0.15) is 5.10 Å². The lowest BCUT2D eigenvalue weighted by molar-refractivity contribution is 0.574. The summed E-state index contributed by atoms with van der Waals surface area (Å²) in [6.07, 6.45) is 1.03. The van der Waals surface area contributed by atoms with E-state index in [1.807, 2.05) is 0 Å². The summed E-state index contributed by atoms with van der Waals surface area (Å²) in [4.78, 5) is 0. The van der Waals surface area contributed by atoms with Crippen LogP contribution in [0.4, 0.5) is 0 Å². The van der Waals surface area contributed by atoms with Crippen LogP contribution in [0.3, 0.4) is 0 Å². The van der Waals surface area contributed by atoms with E-state index in [-0.39, 0.29) is 5.41 Å². The lowest BCUT2D eigenvalue weighted by Crippen LogP contribution is -2.14. The molecule has 0 fully saturated rings. The molecule has 0 unspecified atom stereocenters. The van der Waals surface area contributed by atoms with E-state index in [2.05, 4.69) is 51.3 Å². The third kappa shape index (κ3) is 1.84. The Labute approximate surface area is 87.3 Å². The van der Waals surface area contributed by atoms with E-state index in [1.54, 1.807) is 0 Å². The summed E-state index contributed by atoms with van der Waals surface area (Å²) < 4.78 is 2.11. The molecule has 1 heterocycles. The molecule has 0 amide bonds. The highest BCUT2D eigenvalue weighted by Crippen LogP contribution is 2.29. The van der Waals surface area contributed by atoms with Gasteiger partial charge in [-0.1, -0.05) is 27.7 Å². The summed E-state index contributed by atoms with van der Waals surface area (Å²) in [6, 6.07) is 0. The van der Waals surface area contributed by atoms with Gasteiger partial charge in [-0.3, -0.25) is 4.68 Å². The summed E-state index contributed by atoms with van der Waals surface area (Å²) in [5, 5.41) is 4.63. The standard InChI is InChI=1S/C12H22N2/c1-7-10-11(12(4,5)6)9(3)14(8-2)13-10/h7-8H2,1-6H3. The highest BCUT2D eigenvalue weighted by atomic mass is 15.3. The molecular weight excluding hydrogens is 172 g/mol. The van der Waals surface area contributed by atoms with Crippen molar-refractivity contribution in [2.24, 2.45) is 0 Å². The molecule has 0 radical (unpaired) electrons. The first-order valence-electron chi connectivity index (χ1n) is 5.48. The van der Waals surface area contributed by atoms with Crippen molar-refractivity contribution in [3.8, 4) is 0 Å². The van der Waals surface area contributed by atoms with Gasteiger partial charge in [0, 0.05) is 17.8 Å². The molecule has 1 aromatic rings. The Bertz CT molecular complexity index is 316. The minimum absolute atomic E-state index is 0.211. The van der Waals surface area contributed by atoms with Gasteiger partial charge in [-0.25, -0.2) is 0 Å². The Kier molecular flexibility index (Phi) is 3.03. The Balaban J connectivity index is 3.32. The summed E-state index contributed by atoms with van der Waals surface area (Å²) in [5.41, 5.74) is 4.23. The number of aromatic nitrogens is 2. The number of rotatable bonds is 2. The van der Waals surface area contributed by atoms with E-state index in [0.717, 1.165) is 13.0 Å². The van der Waals surface area contributed by atoms with Crippen LogP contribution in [0.25, 0.3) is 0 Å². The monoisotopic (exact) mass is 194 g/mol. The van der Waals surface area contributed by atoms with Crippen LogP contribution in [0.5, 0.6) is 0 Å². The van der Waals surface area contributed by atoms with Crippen molar-refractivity contribution in [2.75, 3.05) is 0 Å². The van der Waals surface area contributed by atoms with Crippen molar-refractivity contribution in [1.82, 2.24) is 9.78 Å². The molecule has 14 heavy (non-hydrogen) atoms. The zero-order valence-electron chi connectivity index (χ0n) is 10.3. The average molecular weight is 194 g/mol. The normalized spacial score (nSPS) is 12.1. The van der Waals surface area contributed by atoms with Crippen molar-refractivity contribution in [3.63, 3.8) is 0 Å². The molecule has 1 aromatic heterocycles. The van der Waals surface area contributed by atoms with Crippen LogP contribution in [0.1, 0.15) is 51.6 Å². The van der Waals surface area contributed by atoms with Gasteiger partial charge in [0.1, 0.15) is 0 Å². The first-order chi connectivity index (χ1) is 6.41. The van der Waals surface area contributed by atoms with Crippen LogP contribution in [0.15, 0.2) is 0 Å². The highest BCUT2D eigenvalue weighted by molar-refractivity contribution is 5.32. The third-order valence-corrected chi connectivity index (χ3v) is 2.66. The number of hydrogen-bond acceptors (Lipinski definition) is 1. The van der Waals surface area contributed by atoms with Crippen molar-refractivity contribution < 1.29 is 0 Å². The zero-order chi connectivity index (χ0) is 10.9. The Hall–Kier alpha value is -0.790. The fourth-order valence-electron chi connectivity index (χ4n) is 2.14. The second kappa shape index (κ2) is 3.76. The largest absolute Gasteiger partial charge is 0.270 e. The molecule has 0 saturated heterocycles. The number of nitrogens with zero attached hydrogens (tertiary/aromatic N) is 2. The second-order valence-corrected chi connectivity index (χ2v) is 4.83. The molecule has 0 saturated carbocycles. The van der Waals surface area contributed by atoms with Crippen LogP contribution in [0.2, 0.25) is 0 Å². The van der Waals surface area contributed by atoms with Gasteiger partial charge in [0.15, 0.2) is 0 Å². The molecule has 0 bridgehead atoms. The van der Waals surface area contributed by atoms with E-state index >= 15 is 0 Å². The van der Waals surface area contributed by atoms with Gasteiger partial charge in [-0.05, 0) is 25.7 Å². The van der Waals surface area contributed by atoms with Gasteiger partial charge in [0.2, 0.25) is 0 Å². The van der Waals surface area contributed by atoms with Gasteiger partial charge in [0.25, 0.3) is 0 Å². The third-order valence-electron chi connectivity index (χ3n) is 2.66. The molecular formula is C12H22N2. The molecule has 0 N–H and O–H groups in total. The summed E-state index contributed by atoms with van der Waals surface area (Å²) in [5.74, 6) is 0. The fourth-order valence-corrected chi connectivity index (χ4v) is 2.14. The lowest BCUT2D eigenvalue weighted by Gasteiger charge is -2.19. The Morgan fingerprint density at radius 3 is 2.07 bits per heavy atom. The van der Waals surface area contributed by atoms with Crippen LogP contribution in [-0.2, 0) is 18.4 Å². The molecule has 0 spiro atoms. The van der Waals surface area contributed by atoms with Crippen molar-refractivity contribution in [3.05, 3.63) is 17.0 Å². The maximum atomic E-state index is 4.63. The summed E-state index contributed by atoms with van der Waals surface area (Å²) >= 11 is 0. The maximum Gasteiger partial charge on any atom is 0.0661 e. The zero-order valence-corrected chi connectivity index (χ0v) is 10.3. The highest BCUT2D eigenvalue weighted by Gasteiger charge is 2.23. The first-order valence-corrected chi connectivity index (χ1v) is 5.48. The molecule has 0 atom stereocenters.